The molecule has 4 aromatic rings. The number of rotatable bonds is 9. The van der Waals surface area contributed by atoms with Crippen LogP contribution in [0.15, 0.2) is 103 Å². The maximum Gasteiger partial charge on any atom is 0.408 e. The lowest BCUT2D eigenvalue weighted by Crippen LogP contribution is -2.54. The van der Waals surface area contributed by atoms with Crippen LogP contribution in [-0.4, -0.2) is 40.5 Å². The molecule has 7 heteroatoms. The van der Waals surface area contributed by atoms with E-state index in [1.165, 1.54) is 0 Å². The summed E-state index contributed by atoms with van der Waals surface area (Å²) >= 11 is 0. The average molecular weight is 564 g/mol. The lowest BCUT2D eigenvalue weighted by Gasteiger charge is -2.34. The number of ether oxygens (including phenoxy) is 1. The van der Waals surface area contributed by atoms with Crippen LogP contribution in [0.25, 0.3) is 10.8 Å². The van der Waals surface area contributed by atoms with E-state index in [-0.39, 0.29) is 24.3 Å². The van der Waals surface area contributed by atoms with Crippen molar-refractivity contribution >= 4 is 34.4 Å². The van der Waals surface area contributed by atoms with E-state index in [0.29, 0.717) is 11.3 Å². The number of hydrogen-bond acceptors (Lipinski definition) is 4. The second-order valence-electron chi connectivity index (χ2n) is 11.7. The fourth-order valence-electron chi connectivity index (χ4n) is 5.10. The number of nitrogens with one attached hydrogen (secondary N) is 2. The van der Waals surface area contributed by atoms with E-state index < -0.39 is 23.8 Å². The lowest BCUT2D eigenvalue weighted by atomic mass is 10.00. The van der Waals surface area contributed by atoms with Crippen LogP contribution < -0.4 is 10.6 Å². The molecule has 0 heterocycles. The maximum absolute atomic E-state index is 14.5. The molecule has 0 aromatic heterocycles. The number of benzene rings is 4. The smallest absolute Gasteiger partial charge is 0.408 e. The molecule has 0 bridgehead atoms. The summed E-state index contributed by atoms with van der Waals surface area (Å²) in [6.07, 6.45) is 1.14. The summed E-state index contributed by atoms with van der Waals surface area (Å²) < 4.78 is 5.52. The number of carbonyl (C=O) groups is 3. The van der Waals surface area contributed by atoms with Gasteiger partial charge >= 0.3 is 6.09 Å². The van der Waals surface area contributed by atoms with Gasteiger partial charge in [0.25, 0.3) is 5.91 Å². The molecule has 2 atom stereocenters. The van der Waals surface area contributed by atoms with E-state index >= 15 is 0 Å². The Hall–Kier alpha value is -4.65. The maximum atomic E-state index is 14.5. The van der Waals surface area contributed by atoms with Gasteiger partial charge in [-0.25, -0.2) is 4.79 Å². The topological polar surface area (TPSA) is 87.7 Å². The Morgan fingerprint density at radius 1 is 0.833 bits per heavy atom. The van der Waals surface area contributed by atoms with Gasteiger partial charge in [0.05, 0.1) is 0 Å². The van der Waals surface area contributed by atoms with Crippen LogP contribution in [0.2, 0.25) is 0 Å². The van der Waals surface area contributed by atoms with Gasteiger partial charge in [-0.1, -0.05) is 91.0 Å². The van der Waals surface area contributed by atoms with Gasteiger partial charge in [-0.3, -0.25) is 9.59 Å². The highest BCUT2D eigenvalue weighted by Crippen LogP contribution is 2.36. The third kappa shape index (κ3) is 7.35. The van der Waals surface area contributed by atoms with Gasteiger partial charge in [0.15, 0.2) is 0 Å². The second kappa shape index (κ2) is 12.5. The van der Waals surface area contributed by atoms with Crippen molar-refractivity contribution < 1.29 is 19.1 Å². The van der Waals surface area contributed by atoms with E-state index in [1.54, 1.807) is 25.7 Å². The van der Waals surface area contributed by atoms with E-state index in [9.17, 15) is 14.4 Å². The lowest BCUT2D eigenvalue weighted by molar-refractivity contribution is -0.141. The summed E-state index contributed by atoms with van der Waals surface area (Å²) in [6.45, 7) is 5.33. The van der Waals surface area contributed by atoms with Crippen molar-refractivity contribution in [3.8, 4) is 0 Å². The standard InChI is InChI=1S/C35H37N3O4/c1-35(2,3)42-34(41)37-30(22-24-12-6-4-7-13-24)33(40)38(29-20-21-29)31(26-15-8-5-9-16-26)32(39)36-28-19-18-25-14-10-11-17-27(25)23-28/h4-19,23,29-31H,20-22H2,1-3H3,(H,36,39)(H,37,41). The summed E-state index contributed by atoms with van der Waals surface area (Å²) in [6, 6.07) is 30.6. The first-order chi connectivity index (χ1) is 20.2. The van der Waals surface area contributed by atoms with E-state index in [1.807, 2.05) is 103 Å². The summed E-state index contributed by atoms with van der Waals surface area (Å²) in [5.74, 6) is -0.637. The molecule has 0 aliphatic heterocycles. The van der Waals surface area contributed by atoms with Gasteiger partial charge < -0.3 is 20.3 Å². The van der Waals surface area contributed by atoms with Crippen LogP contribution in [0.3, 0.4) is 0 Å². The van der Waals surface area contributed by atoms with Crippen LogP contribution in [-0.2, 0) is 20.7 Å². The number of hydrogen-bond donors (Lipinski definition) is 2. The van der Waals surface area contributed by atoms with Gasteiger partial charge in [0, 0.05) is 18.2 Å². The van der Waals surface area contributed by atoms with E-state index in [2.05, 4.69) is 10.6 Å². The number of amides is 3. The SMILES string of the molecule is CC(C)(C)OC(=O)NC(Cc1ccccc1)C(=O)N(C1CC1)C(C(=O)Nc1ccc2ccccc2c1)c1ccccc1. The van der Waals surface area contributed by atoms with Crippen molar-refractivity contribution in [2.24, 2.45) is 0 Å². The first-order valence-electron chi connectivity index (χ1n) is 14.4. The zero-order valence-electron chi connectivity index (χ0n) is 24.2. The zero-order chi connectivity index (χ0) is 29.7. The minimum absolute atomic E-state index is 0.122. The van der Waals surface area contributed by atoms with Gasteiger partial charge in [-0.05, 0) is 67.6 Å². The molecule has 2 unspecified atom stereocenters. The van der Waals surface area contributed by atoms with Crippen molar-refractivity contribution in [2.75, 3.05) is 5.32 Å². The quantitative estimate of drug-likeness (QED) is 0.239. The summed E-state index contributed by atoms with van der Waals surface area (Å²) in [5, 5.41) is 7.96. The van der Waals surface area contributed by atoms with E-state index in [4.69, 9.17) is 4.74 Å². The average Bonchev–Trinajstić information content (AvgIpc) is 3.80. The largest absolute Gasteiger partial charge is 0.444 e. The Labute approximate surface area is 246 Å². The van der Waals surface area contributed by atoms with Gasteiger partial charge in [0.2, 0.25) is 5.91 Å². The highest BCUT2D eigenvalue weighted by molar-refractivity contribution is 6.00. The van der Waals surface area contributed by atoms with Crippen molar-refractivity contribution in [3.63, 3.8) is 0 Å². The Morgan fingerprint density at radius 2 is 1.45 bits per heavy atom. The van der Waals surface area contributed by atoms with Crippen molar-refractivity contribution in [2.45, 2.75) is 63.8 Å². The molecule has 42 heavy (non-hydrogen) atoms. The Balaban J connectivity index is 1.48. The molecular weight excluding hydrogens is 526 g/mol. The highest BCUT2D eigenvalue weighted by Gasteiger charge is 2.44. The van der Waals surface area contributed by atoms with Crippen LogP contribution >= 0.6 is 0 Å². The summed E-state index contributed by atoms with van der Waals surface area (Å²) in [4.78, 5) is 43.1. The number of carbonyl (C=O) groups excluding carboxylic acids is 3. The number of nitrogens with zero attached hydrogens (tertiary/aromatic N) is 1. The predicted octanol–water partition coefficient (Wildman–Crippen LogP) is 6.65. The molecule has 0 radical (unpaired) electrons. The molecule has 5 rings (SSSR count). The monoisotopic (exact) mass is 563 g/mol. The normalized spacial score (nSPS) is 14.5. The number of fused-ring (bicyclic) bond motifs is 1. The Kier molecular flexibility index (Phi) is 8.57. The molecule has 7 nitrogen and oxygen atoms in total. The molecule has 0 saturated heterocycles. The van der Waals surface area contributed by atoms with Crippen LogP contribution in [0, 0.1) is 0 Å². The molecule has 4 aromatic carbocycles. The number of anilines is 1. The molecule has 216 valence electrons. The molecule has 1 fully saturated rings. The second-order valence-corrected chi connectivity index (χ2v) is 11.7. The predicted molar refractivity (Wildman–Crippen MR) is 165 cm³/mol. The Bertz CT molecular complexity index is 1550. The minimum atomic E-state index is -0.928. The van der Waals surface area contributed by atoms with Crippen LogP contribution in [0.1, 0.15) is 50.8 Å². The minimum Gasteiger partial charge on any atom is -0.444 e. The third-order valence-electron chi connectivity index (χ3n) is 7.13. The van der Waals surface area contributed by atoms with Gasteiger partial charge in [0.1, 0.15) is 17.7 Å². The van der Waals surface area contributed by atoms with Gasteiger partial charge in [-0.2, -0.15) is 0 Å². The Morgan fingerprint density at radius 3 is 2.10 bits per heavy atom. The third-order valence-corrected chi connectivity index (χ3v) is 7.13. The highest BCUT2D eigenvalue weighted by atomic mass is 16.6. The van der Waals surface area contributed by atoms with Crippen LogP contribution in [0.5, 0.6) is 0 Å². The van der Waals surface area contributed by atoms with E-state index in [0.717, 1.165) is 29.2 Å². The molecule has 1 aliphatic carbocycles. The van der Waals surface area contributed by atoms with Crippen molar-refractivity contribution in [3.05, 3.63) is 114 Å². The molecular formula is C35H37N3O4. The molecule has 2 N–H and O–H groups in total. The molecule has 1 aliphatic rings. The fourth-order valence-corrected chi connectivity index (χ4v) is 5.10. The summed E-state index contributed by atoms with van der Waals surface area (Å²) in [5.41, 5.74) is 1.51. The molecule has 1 saturated carbocycles. The first-order valence-corrected chi connectivity index (χ1v) is 14.4. The van der Waals surface area contributed by atoms with Crippen LogP contribution in [0.4, 0.5) is 10.5 Å². The summed E-state index contributed by atoms with van der Waals surface area (Å²) in [7, 11) is 0. The molecule has 3 amide bonds. The zero-order valence-corrected chi connectivity index (χ0v) is 24.2. The first kappa shape index (κ1) is 28.9. The van der Waals surface area contributed by atoms with Crippen molar-refractivity contribution in [1.29, 1.82) is 0 Å². The van der Waals surface area contributed by atoms with Gasteiger partial charge in [-0.15, -0.1) is 0 Å². The number of alkyl carbamates (subject to hydrolysis) is 1. The van der Waals surface area contributed by atoms with Crippen molar-refractivity contribution in [1.82, 2.24) is 10.2 Å². The molecule has 0 spiro atoms. The fraction of sp³-hybridized carbons (Fsp3) is 0.286.